The minimum atomic E-state index is -1.28. The van der Waals surface area contributed by atoms with Gasteiger partial charge in [0.05, 0.1) is 5.69 Å². The SMILES string of the molecule is CN1C(=O)[C@H](NC(=O)c2cc(Oc3ccccc3)ccn2)COc2ccc(C#CC3(O)CCC(C(=O)c4cc(Oc5ccccc5)ccn4)CC3)cc21. The van der Waals surface area contributed by atoms with Crippen molar-refractivity contribution in [2.75, 3.05) is 18.6 Å². The number of likely N-dealkylation sites (N-methyl/N-ethyl adjacent to an activating group) is 1. The second-order valence-electron chi connectivity index (χ2n) is 12.9. The van der Waals surface area contributed by atoms with Crippen LogP contribution in [0, 0.1) is 17.8 Å². The van der Waals surface area contributed by atoms with E-state index >= 15 is 0 Å². The Morgan fingerprint density at radius 2 is 1.43 bits per heavy atom. The van der Waals surface area contributed by atoms with E-state index in [9.17, 15) is 19.5 Å². The van der Waals surface area contributed by atoms with Crippen molar-refractivity contribution in [3.05, 3.63) is 132 Å². The molecular formula is C42H36N4O7. The summed E-state index contributed by atoms with van der Waals surface area (Å²) in [6.07, 6.45) is 4.57. The molecule has 3 aromatic carbocycles. The molecule has 1 fully saturated rings. The predicted octanol–water partition coefficient (Wildman–Crippen LogP) is 6.37. The maximum atomic E-state index is 13.5. The first-order valence-corrected chi connectivity index (χ1v) is 17.3. The molecule has 3 heterocycles. The third kappa shape index (κ3) is 8.35. The molecule has 0 radical (unpaired) electrons. The van der Waals surface area contributed by atoms with Crippen LogP contribution >= 0.6 is 0 Å². The second kappa shape index (κ2) is 15.4. The van der Waals surface area contributed by atoms with Crippen LogP contribution in [0.5, 0.6) is 28.7 Å². The van der Waals surface area contributed by atoms with Crippen molar-refractivity contribution in [2.45, 2.75) is 37.3 Å². The quantitative estimate of drug-likeness (QED) is 0.139. The van der Waals surface area contributed by atoms with Crippen LogP contribution in [0.3, 0.4) is 0 Å². The standard InChI is InChI=1S/C42H36N4O7/c1-46-37-24-28(14-19-42(50)20-15-29(16-21-42)39(47)34-25-32(17-22-43-34)52-30-8-4-2-5-9-30)12-13-38(37)51-27-36(41(46)49)45-40(48)35-26-33(18-23-44-35)53-31-10-6-3-7-11-31/h2-13,17-18,22-26,29,36,50H,15-16,20-21,27H2,1H3,(H,45,48)/t29?,36-,42?/m1/s1. The highest BCUT2D eigenvalue weighted by Crippen LogP contribution is 2.35. The number of nitrogens with one attached hydrogen (secondary N) is 1. The van der Waals surface area contributed by atoms with Gasteiger partial charge >= 0.3 is 0 Å². The molecule has 7 rings (SSSR count). The number of ketones is 1. The van der Waals surface area contributed by atoms with Crippen molar-refractivity contribution < 1.29 is 33.7 Å². The molecule has 0 spiro atoms. The lowest BCUT2D eigenvalue weighted by Gasteiger charge is -2.31. The Morgan fingerprint density at radius 3 is 2.08 bits per heavy atom. The number of rotatable bonds is 8. The van der Waals surface area contributed by atoms with E-state index in [1.165, 1.54) is 17.2 Å². The summed E-state index contributed by atoms with van der Waals surface area (Å²) < 4.78 is 17.6. The molecule has 1 aliphatic heterocycles. The molecule has 2 aliphatic rings. The molecule has 2 aromatic heterocycles. The first-order chi connectivity index (χ1) is 25.7. The monoisotopic (exact) mass is 708 g/mol. The van der Waals surface area contributed by atoms with Gasteiger partial charge in [-0.3, -0.25) is 24.4 Å². The van der Waals surface area contributed by atoms with Crippen molar-refractivity contribution in [3.8, 4) is 40.6 Å². The van der Waals surface area contributed by atoms with Gasteiger partial charge in [-0.1, -0.05) is 48.2 Å². The zero-order valence-electron chi connectivity index (χ0n) is 28.9. The molecule has 1 atom stereocenters. The van der Waals surface area contributed by atoms with Gasteiger partial charge in [0.25, 0.3) is 11.8 Å². The Kier molecular flexibility index (Phi) is 10.1. The highest BCUT2D eigenvalue weighted by Gasteiger charge is 2.36. The lowest BCUT2D eigenvalue weighted by molar-refractivity contribution is -0.120. The summed E-state index contributed by atoms with van der Waals surface area (Å²) in [5.74, 6) is 7.43. The number of hydrogen-bond donors (Lipinski definition) is 2. The molecule has 1 aliphatic carbocycles. The van der Waals surface area contributed by atoms with E-state index in [2.05, 4.69) is 27.1 Å². The van der Waals surface area contributed by atoms with Crippen molar-refractivity contribution in [1.29, 1.82) is 0 Å². The summed E-state index contributed by atoms with van der Waals surface area (Å²) in [4.78, 5) is 49.9. The summed E-state index contributed by atoms with van der Waals surface area (Å²) >= 11 is 0. The molecular weight excluding hydrogens is 672 g/mol. The molecule has 266 valence electrons. The number of pyridine rings is 2. The maximum absolute atomic E-state index is 13.5. The number of carbonyl (C=O) groups excluding carboxylic acids is 3. The fourth-order valence-corrected chi connectivity index (χ4v) is 6.25. The molecule has 2 amide bonds. The molecule has 5 aromatic rings. The number of hydrogen-bond acceptors (Lipinski definition) is 9. The number of nitrogens with zero attached hydrogens (tertiary/aromatic N) is 3. The number of ether oxygens (including phenoxy) is 3. The van der Waals surface area contributed by atoms with Gasteiger partial charge in [0.1, 0.15) is 58.4 Å². The van der Waals surface area contributed by atoms with E-state index in [4.69, 9.17) is 14.2 Å². The van der Waals surface area contributed by atoms with Crippen LogP contribution < -0.4 is 24.4 Å². The van der Waals surface area contributed by atoms with Crippen LogP contribution in [0.4, 0.5) is 5.69 Å². The summed E-state index contributed by atoms with van der Waals surface area (Å²) in [6, 6.07) is 29.2. The van der Waals surface area contributed by atoms with Crippen LogP contribution in [0.25, 0.3) is 0 Å². The smallest absolute Gasteiger partial charge is 0.270 e. The average Bonchev–Trinajstić information content (AvgIpc) is 3.30. The van der Waals surface area contributed by atoms with E-state index in [0.717, 1.165) is 0 Å². The minimum Gasteiger partial charge on any atom is -0.489 e. The Morgan fingerprint density at radius 1 is 0.830 bits per heavy atom. The summed E-state index contributed by atoms with van der Waals surface area (Å²) in [6.45, 7) is -0.0906. The number of amides is 2. The van der Waals surface area contributed by atoms with Gasteiger partial charge in [0.15, 0.2) is 5.78 Å². The number of carbonyl (C=O) groups is 3. The third-order valence-corrected chi connectivity index (χ3v) is 9.19. The zero-order chi connectivity index (χ0) is 36.8. The topological polar surface area (TPSA) is 140 Å². The van der Waals surface area contributed by atoms with Gasteiger partial charge in [-0.25, -0.2) is 0 Å². The Bertz CT molecular complexity index is 2190. The van der Waals surface area contributed by atoms with Crippen molar-refractivity contribution in [2.24, 2.45) is 5.92 Å². The Hall–Kier alpha value is -6.51. The van der Waals surface area contributed by atoms with Crippen LogP contribution in [-0.2, 0) is 4.79 Å². The number of anilines is 1. The largest absolute Gasteiger partial charge is 0.489 e. The maximum Gasteiger partial charge on any atom is 0.270 e. The molecule has 53 heavy (non-hydrogen) atoms. The van der Waals surface area contributed by atoms with E-state index in [0.29, 0.717) is 71.4 Å². The van der Waals surface area contributed by atoms with E-state index in [1.54, 1.807) is 61.8 Å². The van der Waals surface area contributed by atoms with Crippen molar-refractivity contribution >= 4 is 23.3 Å². The number of benzene rings is 3. The fraction of sp³-hybridized carbons (Fsp3) is 0.214. The second-order valence-corrected chi connectivity index (χ2v) is 12.9. The fourth-order valence-electron chi connectivity index (χ4n) is 6.25. The molecule has 0 unspecified atom stereocenters. The van der Waals surface area contributed by atoms with Gasteiger partial charge in [0.2, 0.25) is 0 Å². The van der Waals surface area contributed by atoms with Crippen LogP contribution in [-0.4, -0.2) is 58.0 Å². The van der Waals surface area contributed by atoms with E-state index in [1.807, 2.05) is 48.5 Å². The van der Waals surface area contributed by atoms with Gasteiger partial charge in [-0.15, -0.1) is 0 Å². The van der Waals surface area contributed by atoms with Gasteiger partial charge in [0, 0.05) is 43.1 Å². The highest BCUT2D eigenvalue weighted by molar-refractivity contribution is 6.03. The lowest BCUT2D eigenvalue weighted by Crippen LogP contribution is -2.49. The van der Waals surface area contributed by atoms with Crippen LogP contribution in [0.2, 0.25) is 0 Å². The number of aliphatic hydroxyl groups is 1. The first-order valence-electron chi connectivity index (χ1n) is 17.3. The number of aromatic nitrogens is 2. The van der Waals surface area contributed by atoms with E-state index < -0.39 is 17.6 Å². The molecule has 1 saturated carbocycles. The first kappa shape index (κ1) is 34.9. The zero-order valence-corrected chi connectivity index (χ0v) is 28.9. The lowest BCUT2D eigenvalue weighted by atomic mass is 9.77. The number of para-hydroxylation sites is 2. The average molecular weight is 709 g/mol. The van der Waals surface area contributed by atoms with Crippen molar-refractivity contribution in [1.82, 2.24) is 15.3 Å². The number of fused-ring (bicyclic) bond motifs is 1. The summed E-state index contributed by atoms with van der Waals surface area (Å²) in [7, 11) is 1.60. The molecule has 11 heteroatoms. The van der Waals surface area contributed by atoms with Gasteiger partial charge in [-0.05, 0) is 80.3 Å². The predicted molar refractivity (Wildman–Crippen MR) is 196 cm³/mol. The third-order valence-electron chi connectivity index (χ3n) is 9.19. The normalized spacial score (nSPS) is 19.4. The van der Waals surface area contributed by atoms with Crippen molar-refractivity contribution in [3.63, 3.8) is 0 Å². The molecule has 2 N–H and O–H groups in total. The minimum absolute atomic E-state index is 0.0869. The van der Waals surface area contributed by atoms with Crippen LogP contribution in [0.1, 0.15) is 52.2 Å². The van der Waals surface area contributed by atoms with Gasteiger partial charge < -0.3 is 29.5 Å². The Balaban J connectivity index is 0.964. The molecule has 0 saturated heterocycles. The van der Waals surface area contributed by atoms with Crippen LogP contribution in [0.15, 0.2) is 116 Å². The Labute approximate surface area is 306 Å². The summed E-state index contributed by atoms with van der Waals surface area (Å²) in [5.41, 5.74) is 0.179. The highest BCUT2D eigenvalue weighted by atomic mass is 16.5. The summed E-state index contributed by atoms with van der Waals surface area (Å²) in [5, 5.41) is 14.1. The molecule has 11 nitrogen and oxygen atoms in total. The molecule has 0 bridgehead atoms. The van der Waals surface area contributed by atoms with Gasteiger partial charge in [-0.2, -0.15) is 0 Å². The van der Waals surface area contributed by atoms with E-state index in [-0.39, 0.29) is 29.9 Å². The number of Topliss-reactive ketones (excluding diaryl/α,β-unsaturated/α-hetero) is 1.